The van der Waals surface area contributed by atoms with Crippen LogP contribution in [-0.2, 0) is 14.3 Å². The zero-order chi connectivity index (χ0) is 11.1. The Morgan fingerprint density at radius 1 is 1.53 bits per heavy atom. The summed E-state index contributed by atoms with van der Waals surface area (Å²) in [7, 11) is 1.61. The Bertz CT molecular complexity index is 203. The van der Waals surface area contributed by atoms with E-state index in [0.29, 0.717) is 13.2 Å². The molecule has 1 aliphatic rings. The predicted octanol–water partition coefficient (Wildman–Crippen LogP) is -0.482. The Morgan fingerprint density at radius 2 is 2.33 bits per heavy atom. The second kappa shape index (κ2) is 6.05. The summed E-state index contributed by atoms with van der Waals surface area (Å²) in [6.45, 7) is 4.92. The standard InChI is InChI=1S/C10H20N2O3/c1-10(3-4-11-8-10)12-9(13)7-15-6-5-14-2/h11H,3-8H2,1-2H3,(H,12,13). The molecule has 1 rings (SSSR count). The molecule has 1 heterocycles. The molecule has 0 bridgehead atoms. The molecule has 0 radical (unpaired) electrons. The van der Waals surface area contributed by atoms with Crippen molar-refractivity contribution in [1.29, 1.82) is 0 Å². The van der Waals surface area contributed by atoms with E-state index in [4.69, 9.17) is 9.47 Å². The third-order valence-corrected chi connectivity index (χ3v) is 2.47. The minimum atomic E-state index is -0.109. The monoisotopic (exact) mass is 216 g/mol. The molecular weight excluding hydrogens is 196 g/mol. The molecule has 1 unspecified atom stereocenters. The fourth-order valence-electron chi connectivity index (χ4n) is 1.60. The van der Waals surface area contributed by atoms with Crippen LogP contribution in [0.5, 0.6) is 0 Å². The highest BCUT2D eigenvalue weighted by molar-refractivity contribution is 5.78. The Kier molecular flexibility index (Phi) is 5.01. The molecule has 0 aliphatic carbocycles. The number of amides is 1. The van der Waals surface area contributed by atoms with Crippen molar-refractivity contribution in [1.82, 2.24) is 10.6 Å². The molecular formula is C10H20N2O3. The lowest BCUT2D eigenvalue weighted by atomic mass is 10.0. The normalized spacial score (nSPS) is 25.5. The Hall–Kier alpha value is -0.650. The van der Waals surface area contributed by atoms with E-state index >= 15 is 0 Å². The molecule has 0 aromatic rings. The van der Waals surface area contributed by atoms with Crippen LogP contribution in [0.15, 0.2) is 0 Å². The molecule has 2 N–H and O–H groups in total. The minimum absolute atomic E-state index is 0.0581. The molecule has 1 amide bonds. The molecule has 15 heavy (non-hydrogen) atoms. The van der Waals surface area contributed by atoms with Crippen molar-refractivity contribution in [2.45, 2.75) is 18.9 Å². The average molecular weight is 216 g/mol. The molecule has 0 aromatic carbocycles. The number of hydrogen-bond acceptors (Lipinski definition) is 4. The van der Waals surface area contributed by atoms with Crippen LogP contribution in [0.4, 0.5) is 0 Å². The van der Waals surface area contributed by atoms with Crippen LogP contribution in [0.25, 0.3) is 0 Å². The summed E-state index contributed by atoms with van der Waals surface area (Å²) in [6.07, 6.45) is 0.969. The SMILES string of the molecule is COCCOCC(=O)NC1(C)CCNC1. The molecule has 88 valence electrons. The van der Waals surface area contributed by atoms with Crippen LogP contribution in [0, 0.1) is 0 Å². The second-order valence-electron chi connectivity index (χ2n) is 4.08. The van der Waals surface area contributed by atoms with Crippen LogP contribution in [-0.4, -0.2) is 51.5 Å². The summed E-state index contributed by atoms with van der Waals surface area (Å²) in [6, 6.07) is 0. The van der Waals surface area contributed by atoms with Gasteiger partial charge in [-0.2, -0.15) is 0 Å². The molecule has 0 spiro atoms. The van der Waals surface area contributed by atoms with Crippen molar-refractivity contribution >= 4 is 5.91 Å². The van der Waals surface area contributed by atoms with Gasteiger partial charge >= 0.3 is 0 Å². The van der Waals surface area contributed by atoms with Crippen molar-refractivity contribution in [2.24, 2.45) is 0 Å². The highest BCUT2D eigenvalue weighted by Crippen LogP contribution is 2.12. The largest absolute Gasteiger partial charge is 0.382 e. The lowest BCUT2D eigenvalue weighted by molar-refractivity contribution is -0.127. The first-order chi connectivity index (χ1) is 7.16. The van der Waals surface area contributed by atoms with Gasteiger partial charge in [0.15, 0.2) is 0 Å². The first-order valence-corrected chi connectivity index (χ1v) is 5.25. The van der Waals surface area contributed by atoms with Gasteiger partial charge in [-0.25, -0.2) is 0 Å². The fraction of sp³-hybridized carbons (Fsp3) is 0.900. The van der Waals surface area contributed by atoms with Crippen molar-refractivity contribution in [3.8, 4) is 0 Å². The van der Waals surface area contributed by atoms with Gasteiger partial charge in [-0.3, -0.25) is 4.79 Å². The average Bonchev–Trinajstić information content (AvgIpc) is 2.59. The Labute approximate surface area is 90.5 Å². The summed E-state index contributed by atoms with van der Waals surface area (Å²) < 4.78 is 9.94. The fourth-order valence-corrected chi connectivity index (χ4v) is 1.60. The van der Waals surface area contributed by atoms with Crippen molar-refractivity contribution in [2.75, 3.05) is 40.0 Å². The van der Waals surface area contributed by atoms with E-state index in [2.05, 4.69) is 10.6 Å². The van der Waals surface area contributed by atoms with Crippen LogP contribution >= 0.6 is 0 Å². The highest BCUT2D eigenvalue weighted by atomic mass is 16.5. The third kappa shape index (κ3) is 4.59. The molecule has 1 aliphatic heterocycles. The molecule has 1 fully saturated rings. The number of rotatable bonds is 6. The van der Waals surface area contributed by atoms with E-state index in [9.17, 15) is 4.79 Å². The number of ether oxygens (including phenoxy) is 2. The van der Waals surface area contributed by atoms with Gasteiger partial charge in [-0.05, 0) is 19.9 Å². The number of nitrogens with one attached hydrogen (secondary N) is 2. The van der Waals surface area contributed by atoms with Crippen molar-refractivity contribution in [3.63, 3.8) is 0 Å². The topological polar surface area (TPSA) is 59.6 Å². The van der Waals surface area contributed by atoms with Gasteiger partial charge in [0.1, 0.15) is 6.61 Å². The zero-order valence-electron chi connectivity index (χ0n) is 9.47. The molecule has 0 aromatic heterocycles. The second-order valence-corrected chi connectivity index (χ2v) is 4.08. The van der Waals surface area contributed by atoms with Gasteiger partial charge in [-0.1, -0.05) is 0 Å². The number of carbonyl (C=O) groups excluding carboxylic acids is 1. The summed E-state index contributed by atoms with van der Waals surface area (Å²) in [5.41, 5.74) is -0.109. The van der Waals surface area contributed by atoms with Crippen LogP contribution in [0.2, 0.25) is 0 Å². The summed E-state index contributed by atoms with van der Waals surface area (Å²) in [4.78, 5) is 11.5. The lowest BCUT2D eigenvalue weighted by Gasteiger charge is -2.24. The number of carbonyl (C=O) groups is 1. The quantitative estimate of drug-likeness (QED) is 0.589. The van der Waals surface area contributed by atoms with E-state index in [-0.39, 0.29) is 18.1 Å². The van der Waals surface area contributed by atoms with Crippen molar-refractivity contribution in [3.05, 3.63) is 0 Å². The van der Waals surface area contributed by atoms with Gasteiger partial charge in [-0.15, -0.1) is 0 Å². The van der Waals surface area contributed by atoms with Crippen LogP contribution in [0.3, 0.4) is 0 Å². The van der Waals surface area contributed by atoms with E-state index in [1.54, 1.807) is 7.11 Å². The Morgan fingerprint density at radius 3 is 2.93 bits per heavy atom. The Balaban J connectivity index is 2.12. The van der Waals surface area contributed by atoms with E-state index in [1.807, 2.05) is 6.92 Å². The summed E-state index contributed by atoms with van der Waals surface area (Å²) in [5, 5.41) is 6.18. The number of methoxy groups -OCH3 is 1. The van der Waals surface area contributed by atoms with Crippen LogP contribution in [0.1, 0.15) is 13.3 Å². The van der Waals surface area contributed by atoms with Gasteiger partial charge < -0.3 is 20.1 Å². The first-order valence-electron chi connectivity index (χ1n) is 5.25. The molecule has 1 atom stereocenters. The van der Waals surface area contributed by atoms with Gasteiger partial charge in [0.2, 0.25) is 5.91 Å². The van der Waals surface area contributed by atoms with Gasteiger partial charge in [0, 0.05) is 13.7 Å². The summed E-state index contributed by atoms with van der Waals surface area (Å²) >= 11 is 0. The number of hydrogen-bond donors (Lipinski definition) is 2. The molecule has 0 saturated carbocycles. The summed E-state index contributed by atoms with van der Waals surface area (Å²) in [5.74, 6) is -0.0581. The van der Waals surface area contributed by atoms with E-state index in [1.165, 1.54) is 0 Å². The first kappa shape index (κ1) is 12.4. The zero-order valence-corrected chi connectivity index (χ0v) is 9.47. The lowest BCUT2D eigenvalue weighted by Crippen LogP contribution is -2.48. The maximum Gasteiger partial charge on any atom is 0.246 e. The molecule has 5 nitrogen and oxygen atoms in total. The van der Waals surface area contributed by atoms with Gasteiger partial charge in [0.25, 0.3) is 0 Å². The highest BCUT2D eigenvalue weighted by Gasteiger charge is 2.29. The minimum Gasteiger partial charge on any atom is -0.382 e. The van der Waals surface area contributed by atoms with Crippen LogP contribution < -0.4 is 10.6 Å². The molecule has 5 heteroatoms. The molecule has 1 saturated heterocycles. The van der Waals surface area contributed by atoms with E-state index in [0.717, 1.165) is 19.5 Å². The van der Waals surface area contributed by atoms with Crippen molar-refractivity contribution < 1.29 is 14.3 Å². The smallest absolute Gasteiger partial charge is 0.246 e. The maximum atomic E-state index is 11.5. The van der Waals surface area contributed by atoms with E-state index < -0.39 is 0 Å². The maximum absolute atomic E-state index is 11.5. The third-order valence-electron chi connectivity index (χ3n) is 2.47. The predicted molar refractivity (Wildman–Crippen MR) is 56.7 cm³/mol. The van der Waals surface area contributed by atoms with Gasteiger partial charge in [0.05, 0.1) is 18.8 Å².